The monoisotopic (exact) mass is 500 g/mol. The van der Waals surface area contributed by atoms with Gasteiger partial charge in [0.25, 0.3) is 5.56 Å². The van der Waals surface area contributed by atoms with Gasteiger partial charge in [0.05, 0.1) is 5.69 Å². The van der Waals surface area contributed by atoms with Crippen molar-refractivity contribution in [2.75, 3.05) is 13.1 Å². The second-order valence-electron chi connectivity index (χ2n) is 11.2. The molecule has 37 heavy (non-hydrogen) atoms. The molecular formula is C31H37FN4O. The number of rotatable bonds is 5. The molecule has 0 radical (unpaired) electrons. The molecule has 0 amide bonds. The van der Waals surface area contributed by atoms with Gasteiger partial charge in [-0.15, -0.1) is 0 Å². The maximum atomic E-state index is 13.8. The quantitative estimate of drug-likeness (QED) is 0.308. The second-order valence-corrected chi connectivity index (χ2v) is 11.2. The van der Waals surface area contributed by atoms with Gasteiger partial charge in [-0.05, 0) is 93.9 Å². The number of aromatic amines is 1. The molecule has 1 aliphatic heterocycles. The zero-order chi connectivity index (χ0) is 26.4. The molecule has 0 aliphatic carbocycles. The molecule has 1 fully saturated rings. The standard InChI is InChI=1S/C31H37FN4O/c1-18(2)28-26-14-22(21-9-11-36(12-10-21)19(3)4)7-8-27(26)34-29(28)24-15-25(31(37)35(6)17-24)23-13-20(5)30(32)33-16-23/h7-8,13-19,21,34H,9-12H2,1-6H3. The summed E-state index contributed by atoms with van der Waals surface area (Å²) in [6.45, 7) is 13.0. The molecule has 6 heteroatoms. The van der Waals surface area contributed by atoms with Gasteiger partial charge in [-0.25, -0.2) is 4.98 Å². The van der Waals surface area contributed by atoms with Gasteiger partial charge in [0.15, 0.2) is 0 Å². The van der Waals surface area contributed by atoms with E-state index in [0.717, 1.165) is 29.9 Å². The third-order valence-corrected chi connectivity index (χ3v) is 7.97. The lowest BCUT2D eigenvalue weighted by Gasteiger charge is -2.34. The topological polar surface area (TPSA) is 53.9 Å². The molecule has 0 bridgehead atoms. The molecule has 1 aliphatic rings. The summed E-state index contributed by atoms with van der Waals surface area (Å²) in [5, 5.41) is 1.25. The number of likely N-dealkylation sites (tertiary alicyclic amines) is 1. The molecule has 1 N–H and O–H groups in total. The molecule has 194 valence electrons. The van der Waals surface area contributed by atoms with Crippen LogP contribution < -0.4 is 5.56 Å². The average Bonchev–Trinajstić information content (AvgIpc) is 3.26. The van der Waals surface area contributed by atoms with Crippen molar-refractivity contribution in [1.82, 2.24) is 19.4 Å². The lowest BCUT2D eigenvalue weighted by molar-refractivity contribution is 0.172. The van der Waals surface area contributed by atoms with Gasteiger partial charge >= 0.3 is 0 Å². The van der Waals surface area contributed by atoms with Gasteiger partial charge in [0, 0.05) is 58.6 Å². The number of H-pyrrole nitrogens is 1. The molecule has 1 aromatic carbocycles. The Kier molecular flexibility index (Phi) is 6.80. The zero-order valence-electron chi connectivity index (χ0n) is 22.7. The molecule has 5 nitrogen and oxygen atoms in total. The van der Waals surface area contributed by atoms with Gasteiger partial charge < -0.3 is 14.5 Å². The van der Waals surface area contributed by atoms with E-state index in [1.165, 1.54) is 35.6 Å². The normalized spacial score (nSPS) is 15.4. The van der Waals surface area contributed by atoms with Crippen molar-refractivity contribution < 1.29 is 4.39 Å². The molecular weight excluding hydrogens is 463 g/mol. The van der Waals surface area contributed by atoms with E-state index in [1.807, 2.05) is 12.3 Å². The predicted molar refractivity (Wildman–Crippen MR) is 150 cm³/mol. The summed E-state index contributed by atoms with van der Waals surface area (Å²) in [4.78, 5) is 23.1. The zero-order valence-corrected chi connectivity index (χ0v) is 22.7. The third-order valence-electron chi connectivity index (χ3n) is 7.97. The number of aromatic nitrogens is 3. The SMILES string of the molecule is Cc1cc(-c2cc(-c3[nH]c4ccc(C5CCN(C(C)C)CC5)cc4c3C(C)C)cn(C)c2=O)cnc1F. The van der Waals surface area contributed by atoms with Crippen LogP contribution >= 0.6 is 0 Å². The highest BCUT2D eigenvalue weighted by atomic mass is 19.1. The predicted octanol–water partition coefficient (Wildman–Crippen LogP) is 6.75. The molecule has 0 spiro atoms. The van der Waals surface area contributed by atoms with Crippen LogP contribution in [-0.2, 0) is 7.05 Å². The van der Waals surface area contributed by atoms with Gasteiger partial charge in [0.1, 0.15) is 0 Å². The van der Waals surface area contributed by atoms with E-state index in [-0.39, 0.29) is 11.5 Å². The lowest BCUT2D eigenvalue weighted by Crippen LogP contribution is -2.37. The summed E-state index contributed by atoms with van der Waals surface area (Å²) in [5.74, 6) is 0.355. The minimum absolute atomic E-state index is 0.131. The van der Waals surface area contributed by atoms with Crippen LogP contribution in [0.3, 0.4) is 0 Å². The number of nitrogens with one attached hydrogen (secondary N) is 1. The van der Waals surface area contributed by atoms with Crippen LogP contribution in [0.2, 0.25) is 0 Å². The van der Waals surface area contributed by atoms with Crippen LogP contribution in [-0.4, -0.2) is 38.6 Å². The summed E-state index contributed by atoms with van der Waals surface area (Å²) in [6, 6.07) is 11.1. The van der Waals surface area contributed by atoms with Crippen molar-refractivity contribution in [3.63, 3.8) is 0 Å². The first kappa shape index (κ1) is 25.4. The van der Waals surface area contributed by atoms with Crippen LogP contribution in [0, 0.1) is 12.9 Å². The highest BCUT2D eigenvalue weighted by Gasteiger charge is 2.24. The first-order valence-corrected chi connectivity index (χ1v) is 13.4. The fourth-order valence-corrected chi connectivity index (χ4v) is 5.82. The van der Waals surface area contributed by atoms with E-state index in [2.05, 4.69) is 60.8 Å². The van der Waals surface area contributed by atoms with E-state index in [1.54, 1.807) is 24.6 Å². The van der Waals surface area contributed by atoms with Gasteiger partial charge in [-0.3, -0.25) is 4.79 Å². The van der Waals surface area contributed by atoms with Gasteiger partial charge in [-0.2, -0.15) is 4.39 Å². The molecule has 4 heterocycles. The Labute approximate surface area is 218 Å². The minimum atomic E-state index is -0.514. The molecule has 0 unspecified atom stereocenters. The van der Waals surface area contributed by atoms with Crippen molar-refractivity contribution in [1.29, 1.82) is 0 Å². The highest BCUT2D eigenvalue weighted by molar-refractivity contribution is 5.92. The fraction of sp³-hybridized carbons (Fsp3) is 0.419. The number of piperidine rings is 1. The first-order chi connectivity index (χ1) is 17.6. The molecule has 1 saturated heterocycles. The van der Waals surface area contributed by atoms with Crippen molar-refractivity contribution in [3.8, 4) is 22.4 Å². The Morgan fingerprint density at radius 3 is 2.43 bits per heavy atom. The van der Waals surface area contributed by atoms with E-state index in [9.17, 15) is 9.18 Å². The molecule has 5 rings (SSSR count). The summed E-state index contributed by atoms with van der Waals surface area (Å²) in [6.07, 6.45) is 5.70. The van der Waals surface area contributed by atoms with Crippen LogP contribution in [0.5, 0.6) is 0 Å². The Balaban J connectivity index is 1.59. The Hall–Kier alpha value is -3.25. The summed E-state index contributed by atoms with van der Waals surface area (Å²) >= 11 is 0. The Bertz CT molecular complexity index is 1510. The fourth-order valence-electron chi connectivity index (χ4n) is 5.82. The Morgan fingerprint density at radius 2 is 1.78 bits per heavy atom. The number of nitrogens with zero attached hydrogens (tertiary/aromatic N) is 3. The number of fused-ring (bicyclic) bond motifs is 1. The van der Waals surface area contributed by atoms with Crippen LogP contribution in [0.25, 0.3) is 33.3 Å². The number of halogens is 1. The van der Waals surface area contributed by atoms with E-state index in [0.29, 0.717) is 28.7 Å². The highest BCUT2D eigenvalue weighted by Crippen LogP contribution is 2.39. The molecule has 3 aromatic heterocycles. The number of aryl methyl sites for hydroxylation is 2. The van der Waals surface area contributed by atoms with Gasteiger partial charge in [0.2, 0.25) is 5.95 Å². The number of hydrogen-bond acceptors (Lipinski definition) is 3. The summed E-state index contributed by atoms with van der Waals surface area (Å²) < 4.78 is 15.4. The molecule has 4 aromatic rings. The van der Waals surface area contributed by atoms with Crippen LogP contribution in [0.4, 0.5) is 4.39 Å². The largest absolute Gasteiger partial charge is 0.354 e. The van der Waals surface area contributed by atoms with Gasteiger partial charge in [-0.1, -0.05) is 19.9 Å². The van der Waals surface area contributed by atoms with Crippen LogP contribution in [0.15, 0.2) is 47.5 Å². The van der Waals surface area contributed by atoms with E-state index >= 15 is 0 Å². The number of pyridine rings is 2. The van der Waals surface area contributed by atoms with Crippen molar-refractivity contribution in [3.05, 3.63) is 75.7 Å². The minimum Gasteiger partial charge on any atom is -0.354 e. The molecule has 0 saturated carbocycles. The number of hydrogen-bond donors (Lipinski definition) is 1. The lowest BCUT2D eigenvalue weighted by atomic mass is 9.87. The van der Waals surface area contributed by atoms with Crippen molar-refractivity contribution in [2.45, 2.75) is 65.3 Å². The molecule has 0 atom stereocenters. The van der Waals surface area contributed by atoms with E-state index in [4.69, 9.17) is 0 Å². The average molecular weight is 501 g/mol. The second kappa shape index (κ2) is 9.90. The van der Waals surface area contributed by atoms with Crippen molar-refractivity contribution in [2.24, 2.45) is 7.05 Å². The Morgan fingerprint density at radius 1 is 1.05 bits per heavy atom. The summed E-state index contributed by atoms with van der Waals surface area (Å²) in [7, 11) is 1.76. The smallest absolute Gasteiger partial charge is 0.258 e. The number of benzene rings is 1. The third kappa shape index (κ3) is 4.75. The first-order valence-electron chi connectivity index (χ1n) is 13.4. The summed E-state index contributed by atoms with van der Waals surface area (Å²) in [5.41, 5.74) is 7.17. The van der Waals surface area contributed by atoms with E-state index < -0.39 is 5.95 Å². The maximum absolute atomic E-state index is 13.8. The van der Waals surface area contributed by atoms with Crippen molar-refractivity contribution >= 4 is 10.9 Å². The maximum Gasteiger partial charge on any atom is 0.258 e. The van der Waals surface area contributed by atoms with Crippen LogP contribution in [0.1, 0.15) is 69.1 Å².